The fourth-order valence-electron chi connectivity index (χ4n) is 2.87. The van der Waals surface area contributed by atoms with Gasteiger partial charge in [0.25, 0.3) is 0 Å². The third-order valence-corrected chi connectivity index (χ3v) is 4.36. The molecular formula is C22H27N5O. The molecule has 6 heteroatoms. The van der Waals surface area contributed by atoms with E-state index in [1.54, 1.807) is 7.05 Å². The van der Waals surface area contributed by atoms with E-state index in [4.69, 9.17) is 4.74 Å². The lowest BCUT2D eigenvalue weighted by Crippen LogP contribution is -2.38. The van der Waals surface area contributed by atoms with Crippen LogP contribution >= 0.6 is 0 Å². The van der Waals surface area contributed by atoms with Gasteiger partial charge in [0.1, 0.15) is 18.2 Å². The van der Waals surface area contributed by atoms with Gasteiger partial charge in [-0.2, -0.15) is 0 Å². The average molecular weight is 377 g/mol. The van der Waals surface area contributed by atoms with Crippen molar-refractivity contribution in [2.45, 2.75) is 20.0 Å². The van der Waals surface area contributed by atoms with Crippen molar-refractivity contribution in [3.8, 4) is 5.75 Å². The first-order chi connectivity index (χ1) is 13.7. The Labute approximate surface area is 166 Å². The van der Waals surface area contributed by atoms with Crippen LogP contribution in [0.15, 0.2) is 72.0 Å². The lowest BCUT2D eigenvalue weighted by atomic mass is 10.1. The van der Waals surface area contributed by atoms with Crippen LogP contribution in [-0.2, 0) is 13.1 Å². The van der Waals surface area contributed by atoms with Crippen molar-refractivity contribution < 1.29 is 4.74 Å². The van der Waals surface area contributed by atoms with E-state index in [1.807, 2.05) is 49.6 Å². The van der Waals surface area contributed by atoms with Crippen LogP contribution in [0, 0.1) is 6.92 Å². The van der Waals surface area contributed by atoms with E-state index >= 15 is 0 Å². The number of nitrogens with zero attached hydrogens (tertiary/aromatic N) is 3. The van der Waals surface area contributed by atoms with Gasteiger partial charge >= 0.3 is 0 Å². The fraction of sp³-hybridized carbons (Fsp3) is 0.273. The van der Waals surface area contributed by atoms with Gasteiger partial charge in [0.05, 0.1) is 6.54 Å². The number of benzene rings is 2. The number of guanidine groups is 1. The van der Waals surface area contributed by atoms with Crippen LogP contribution in [0.3, 0.4) is 0 Å². The lowest BCUT2D eigenvalue weighted by Gasteiger charge is -2.13. The predicted octanol–water partition coefficient (Wildman–Crippen LogP) is 2.98. The molecule has 3 aromatic rings. The molecule has 0 aliphatic rings. The smallest absolute Gasteiger partial charge is 0.191 e. The standard InChI is InChI=1S/C22H27N5O/c1-18-24-11-13-27(18)17-20-8-6-7-19(15-20)16-26-22(23-2)25-12-14-28-21-9-4-3-5-10-21/h3-11,13,15H,12,14,16-17H2,1-2H3,(H2,23,25,26). The minimum atomic E-state index is 0.574. The second kappa shape index (κ2) is 10.2. The molecule has 0 aliphatic heterocycles. The molecule has 28 heavy (non-hydrogen) atoms. The van der Waals surface area contributed by atoms with Crippen LogP contribution in [0.4, 0.5) is 0 Å². The highest BCUT2D eigenvalue weighted by Crippen LogP contribution is 2.09. The fourth-order valence-corrected chi connectivity index (χ4v) is 2.87. The van der Waals surface area contributed by atoms with Gasteiger partial charge in [-0.3, -0.25) is 4.99 Å². The summed E-state index contributed by atoms with van der Waals surface area (Å²) in [5.74, 6) is 2.65. The molecule has 6 nitrogen and oxygen atoms in total. The zero-order chi connectivity index (χ0) is 19.6. The van der Waals surface area contributed by atoms with Crippen LogP contribution in [-0.4, -0.2) is 35.7 Å². The molecule has 2 aromatic carbocycles. The maximum atomic E-state index is 5.69. The topological polar surface area (TPSA) is 63.5 Å². The summed E-state index contributed by atoms with van der Waals surface area (Å²) in [5.41, 5.74) is 2.46. The number of hydrogen-bond acceptors (Lipinski definition) is 3. The molecule has 0 spiro atoms. The number of nitrogens with one attached hydrogen (secondary N) is 2. The van der Waals surface area contributed by atoms with E-state index in [1.165, 1.54) is 11.1 Å². The first kappa shape index (κ1) is 19.5. The van der Waals surface area contributed by atoms with Crippen molar-refractivity contribution in [2.24, 2.45) is 4.99 Å². The van der Waals surface area contributed by atoms with E-state index < -0.39 is 0 Å². The molecule has 0 fully saturated rings. The number of para-hydroxylation sites is 1. The Bertz CT molecular complexity index is 889. The average Bonchev–Trinajstić information content (AvgIpc) is 3.13. The van der Waals surface area contributed by atoms with Crippen LogP contribution in [0.1, 0.15) is 17.0 Å². The van der Waals surface area contributed by atoms with Gasteiger partial charge in [-0.05, 0) is 30.2 Å². The maximum absolute atomic E-state index is 5.69. The van der Waals surface area contributed by atoms with Gasteiger partial charge in [0.2, 0.25) is 0 Å². The Morgan fingerprint density at radius 3 is 2.64 bits per heavy atom. The number of aliphatic imine (C=N–C) groups is 1. The summed E-state index contributed by atoms with van der Waals surface area (Å²) in [6.07, 6.45) is 3.83. The SMILES string of the molecule is CN=C(NCCOc1ccccc1)NCc1cccc(Cn2ccnc2C)c1. The van der Waals surface area contributed by atoms with E-state index in [2.05, 4.69) is 49.4 Å². The van der Waals surface area contributed by atoms with Gasteiger partial charge in [-0.25, -0.2) is 4.98 Å². The second-order valence-corrected chi connectivity index (χ2v) is 6.44. The number of hydrogen-bond donors (Lipinski definition) is 2. The molecule has 0 radical (unpaired) electrons. The number of ether oxygens (including phenoxy) is 1. The van der Waals surface area contributed by atoms with Crippen LogP contribution in [0.2, 0.25) is 0 Å². The predicted molar refractivity (Wildman–Crippen MR) is 113 cm³/mol. The Balaban J connectivity index is 1.44. The number of aryl methyl sites for hydroxylation is 1. The molecule has 146 valence electrons. The Kier molecular flexibility index (Phi) is 7.07. The zero-order valence-electron chi connectivity index (χ0n) is 16.4. The van der Waals surface area contributed by atoms with Crippen molar-refractivity contribution in [3.05, 3.63) is 83.9 Å². The van der Waals surface area contributed by atoms with Crippen molar-refractivity contribution in [2.75, 3.05) is 20.2 Å². The number of rotatable bonds is 8. The molecular weight excluding hydrogens is 350 g/mol. The molecule has 0 bridgehead atoms. The Hall–Kier alpha value is -3.28. The van der Waals surface area contributed by atoms with E-state index in [-0.39, 0.29) is 0 Å². The van der Waals surface area contributed by atoms with Gasteiger partial charge in [0, 0.05) is 32.5 Å². The highest BCUT2D eigenvalue weighted by Gasteiger charge is 2.02. The Morgan fingerprint density at radius 2 is 1.89 bits per heavy atom. The minimum Gasteiger partial charge on any atom is -0.492 e. The normalized spacial score (nSPS) is 11.3. The van der Waals surface area contributed by atoms with Crippen LogP contribution in [0.5, 0.6) is 5.75 Å². The zero-order valence-corrected chi connectivity index (χ0v) is 16.4. The summed E-state index contributed by atoms with van der Waals surface area (Å²) in [6, 6.07) is 18.3. The Morgan fingerprint density at radius 1 is 1.07 bits per heavy atom. The van der Waals surface area contributed by atoms with Crippen molar-refractivity contribution in [1.29, 1.82) is 0 Å². The third kappa shape index (κ3) is 5.87. The van der Waals surface area contributed by atoms with E-state index in [9.17, 15) is 0 Å². The molecule has 0 unspecified atom stereocenters. The van der Waals surface area contributed by atoms with E-state index in [0.29, 0.717) is 19.7 Å². The highest BCUT2D eigenvalue weighted by molar-refractivity contribution is 5.79. The lowest BCUT2D eigenvalue weighted by molar-refractivity contribution is 0.322. The molecule has 1 heterocycles. The minimum absolute atomic E-state index is 0.574. The van der Waals surface area contributed by atoms with Crippen molar-refractivity contribution in [1.82, 2.24) is 20.2 Å². The quantitative estimate of drug-likeness (QED) is 0.360. The largest absolute Gasteiger partial charge is 0.492 e. The molecule has 0 atom stereocenters. The molecule has 0 aliphatic carbocycles. The summed E-state index contributed by atoms with van der Waals surface area (Å²) in [6.45, 7) is 4.79. The summed E-state index contributed by atoms with van der Waals surface area (Å²) in [7, 11) is 1.77. The van der Waals surface area contributed by atoms with E-state index in [0.717, 1.165) is 24.1 Å². The first-order valence-electron chi connectivity index (χ1n) is 9.42. The van der Waals surface area contributed by atoms with Crippen LogP contribution in [0.25, 0.3) is 0 Å². The molecule has 1 aromatic heterocycles. The van der Waals surface area contributed by atoms with Gasteiger partial charge < -0.3 is 19.9 Å². The second-order valence-electron chi connectivity index (χ2n) is 6.44. The molecule has 0 amide bonds. The molecule has 3 rings (SSSR count). The van der Waals surface area contributed by atoms with Gasteiger partial charge in [-0.15, -0.1) is 0 Å². The van der Waals surface area contributed by atoms with Crippen molar-refractivity contribution in [3.63, 3.8) is 0 Å². The summed E-state index contributed by atoms with van der Waals surface area (Å²) < 4.78 is 7.82. The molecule has 0 saturated heterocycles. The number of aromatic nitrogens is 2. The summed E-state index contributed by atoms with van der Waals surface area (Å²) >= 11 is 0. The third-order valence-electron chi connectivity index (χ3n) is 4.36. The number of imidazole rings is 1. The first-order valence-corrected chi connectivity index (χ1v) is 9.42. The highest BCUT2D eigenvalue weighted by atomic mass is 16.5. The van der Waals surface area contributed by atoms with Crippen molar-refractivity contribution >= 4 is 5.96 Å². The summed E-state index contributed by atoms with van der Waals surface area (Å²) in [5, 5.41) is 6.62. The maximum Gasteiger partial charge on any atom is 0.191 e. The monoisotopic (exact) mass is 377 g/mol. The molecule has 0 saturated carbocycles. The molecule has 2 N–H and O–H groups in total. The summed E-state index contributed by atoms with van der Waals surface area (Å²) in [4.78, 5) is 8.55. The van der Waals surface area contributed by atoms with Gasteiger partial charge in [0.15, 0.2) is 5.96 Å². The van der Waals surface area contributed by atoms with Crippen LogP contribution < -0.4 is 15.4 Å². The van der Waals surface area contributed by atoms with Gasteiger partial charge in [-0.1, -0.05) is 42.5 Å².